The van der Waals surface area contributed by atoms with Crippen LogP contribution in [0.4, 0.5) is 0 Å². The van der Waals surface area contributed by atoms with Gasteiger partial charge in [-0.25, -0.2) is 0 Å². The summed E-state index contributed by atoms with van der Waals surface area (Å²) < 4.78 is 1.12. The minimum absolute atomic E-state index is 0.599. The first-order valence-corrected chi connectivity index (χ1v) is 7.20. The second kappa shape index (κ2) is 5.03. The molecule has 0 amide bonds. The van der Waals surface area contributed by atoms with Crippen molar-refractivity contribution in [1.29, 1.82) is 0 Å². The number of nitrogens with zero attached hydrogens (tertiary/aromatic N) is 1. The molecule has 18 heavy (non-hydrogen) atoms. The van der Waals surface area contributed by atoms with Crippen LogP contribution in [0.15, 0.2) is 28.9 Å². The van der Waals surface area contributed by atoms with E-state index in [-0.39, 0.29) is 0 Å². The van der Waals surface area contributed by atoms with Gasteiger partial charge in [-0.15, -0.1) is 0 Å². The normalized spacial score (nSPS) is 21.6. The monoisotopic (exact) mass is 307 g/mol. The highest BCUT2D eigenvalue weighted by molar-refractivity contribution is 9.10. The van der Waals surface area contributed by atoms with Crippen molar-refractivity contribution in [2.24, 2.45) is 0 Å². The second-order valence-electron chi connectivity index (χ2n) is 5.05. The van der Waals surface area contributed by atoms with Gasteiger partial charge in [-0.2, -0.15) is 0 Å². The Hall–Kier alpha value is -0.840. The van der Waals surface area contributed by atoms with Crippen molar-refractivity contribution in [2.45, 2.75) is 12.5 Å². The molecule has 1 saturated heterocycles. The predicted octanol–water partition coefficient (Wildman–Crippen LogP) is 2.38. The zero-order valence-corrected chi connectivity index (χ0v) is 12.1. The SMILES string of the molecule is CN1CCNCC1Cc1c[nH]c2cc(Br)ccc12. The van der Waals surface area contributed by atoms with Crippen LogP contribution in [0.1, 0.15) is 5.56 Å². The summed E-state index contributed by atoms with van der Waals surface area (Å²) in [6.45, 7) is 3.33. The maximum absolute atomic E-state index is 3.51. The first-order chi connectivity index (χ1) is 8.74. The van der Waals surface area contributed by atoms with Crippen molar-refractivity contribution in [3.63, 3.8) is 0 Å². The Morgan fingerprint density at radius 1 is 1.44 bits per heavy atom. The largest absolute Gasteiger partial charge is 0.361 e. The van der Waals surface area contributed by atoms with E-state index in [0.717, 1.165) is 30.5 Å². The number of aromatic nitrogens is 1. The van der Waals surface area contributed by atoms with Crippen molar-refractivity contribution in [3.05, 3.63) is 34.4 Å². The van der Waals surface area contributed by atoms with E-state index in [1.807, 2.05) is 0 Å². The Morgan fingerprint density at radius 3 is 3.17 bits per heavy atom. The molecule has 2 N–H and O–H groups in total. The second-order valence-corrected chi connectivity index (χ2v) is 5.96. The van der Waals surface area contributed by atoms with E-state index < -0.39 is 0 Å². The number of benzene rings is 1. The number of halogens is 1. The van der Waals surface area contributed by atoms with Crippen LogP contribution in [0.5, 0.6) is 0 Å². The fourth-order valence-corrected chi connectivity index (χ4v) is 3.03. The van der Waals surface area contributed by atoms with E-state index in [1.54, 1.807) is 0 Å². The Labute approximate surface area is 116 Å². The summed E-state index contributed by atoms with van der Waals surface area (Å²) in [4.78, 5) is 5.82. The molecule has 1 aromatic heterocycles. The third kappa shape index (κ3) is 2.32. The number of hydrogen-bond acceptors (Lipinski definition) is 2. The van der Waals surface area contributed by atoms with Gasteiger partial charge in [0.2, 0.25) is 0 Å². The Kier molecular flexibility index (Phi) is 3.41. The third-order valence-corrected chi connectivity index (χ3v) is 4.32. The Morgan fingerprint density at radius 2 is 2.33 bits per heavy atom. The number of rotatable bonds is 2. The van der Waals surface area contributed by atoms with Crippen molar-refractivity contribution >= 4 is 26.8 Å². The third-order valence-electron chi connectivity index (χ3n) is 3.83. The molecule has 2 aromatic rings. The van der Waals surface area contributed by atoms with Gasteiger partial charge in [0.05, 0.1) is 0 Å². The van der Waals surface area contributed by atoms with Crippen LogP contribution in [0, 0.1) is 0 Å². The average Bonchev–Trinajstić information content (AvgIpc) is 2.74. The first-order valence-electron chi connectivity index (χ1n) is 6.40. The van der Waals surface area contributed by atoms with Gasteiger partial charge >= 0.3 is 0 Å². The lowest BCUT2D eigenvalue weighted by Crippen LogP contribution is -2.50. The van der Waals surface area contributed by atoms with Gasteiger partial charge in [-0.3, -0.25) is 0 Å². The molecule has 4 heteroatoms. The molecule has 1 aliphatic rings. The zero-order valence-electron chi connectivity index (χ0n) is 10.5. The maximum atomic E-state index is 3.51. The van der Waals surface area contributed by atoms with E-state index in [0.29, 0.717) is 6.04 Å². The van der Waals surface area contributed by atoms with Gasteiger partial charge < -0.3 is 15.2 Å². The Bertz CT molecular complexity index is 549. The topological polar surface area (TPSA) is 31.1 Å². The van der Waals surface area contributed by atoms with E-state index >= 15 is 0 Å². The highest BCUT2D eigenvalue weighted by Crippen LogP contribution is 2.24. The van der Waals surface area contributed by atoms with Crippen LogP contribution in [0.3, 0.4) is 0 Å². The number of aromatic amines is 1. The van der Waals surface area contributed by atoms with E-state index in [4.69, 9.17) is 0 Å². The molecular weight excluding hydrogens is 290 g/mol. The zero-order chi connectivity index (χ0) is 12.5. The van der Waals surface area contributed by atoms with Crippen molar-refractivity contribution in [2.75, 3.05) is 26.7 Å². The van der Waals surface area contributed by atoms with Gasteiger partial charge in [0.15, 0.2) is 0 Å². The maximum Gasteiger partial charge on any atom is 0.0468 e. The smallest absolute Gasteiger partial charge is 0.0468 e. The lowest BCUT2D eigenvalue weighted by atomic mass is 10.0. The minimum atomic E-state index is 0.599. The number of fused-ring (bicyclic) bond motifs is 1. The first kappa shape index (κ1) is 12.2. The highest BCUT2D eigenvalue weighted by atomic mass is 79.9. The molecule has 0 aliphatic carbocycles. The molecule has 1 atom stereocenters. The molecule has 96 valence electrons. The molecule has 3 nitrogen and oxygen atoms in total. The van der Waals surface area contributed by atoms with Gasteiger partial charge in [0.1, 0.15) is 0 Å². The van der Waals surface area contributed by atoms with Gasteiger partial charge in [-0.1, -0.05) is 22.0 Å². The summed E-state index contributed by atoms with van der Waals surface area (Å²) in [6.07, 6.45) is 3.25. The molecule has 1 aromatic carbocycles. The fourth-order valence-electron chi connectivity index (χ4n) is 2.67. The summed E-state index contributed by atoms with van der Waals surface area (Å²) in [5, 5.41) is 4.82. The van der Waals surface area contributed by atoms with Gasteiger partial charge in [0.25, 0.3) is 0 Å². The quantitative estimate of drug-likeness (QED) is 0.892. The molecule has 0 radical (unpaired) electrons. The molecule has 2 heterocycles. The van der Waals surface area contributed by atoms with E-state index in [2.05, 4.69) is 62.6 Å². The highest BCUT2D eigenvalue weighted by Gasteiger charge is 2.19. The number of piperazine rings is 1. The van der Waals surface area contributed by atoms with Crippen LogP contribution < -0.4 is 5.32 Å². The molecule has 0 spiro atoms. The summed E-state index contributed by atoms with van der Waals surface area (Å²) in [6, 6.07) is 7.05. The summed E-state index contributed by atoms with van der Waals surface area (Å²) in [7, 11) is 2.22. The fraction of sp³-hybridized carbons (Fsp3) is 0.429. The van der Waals surface area contributed by atoms with Crippen molar-refractivity contribution in [3.8, 4) is 0 Å². The molecule has 0 saturated carbocycles. The van der Waals surface area contributed by atoms with Gasteiger partial charge in [-0.05, 0) is 31.2 Å². The Balaban J connectivity index is 1.86. The molecule has 1 fully saturated rings. The molecule has 1 aliphatic heterocycles. The van der Waals surface area contributed by atoms with Crippen molar-refractivity contribution < 1.29 is 0 Å². The minimum Gasteiger partial charge on any atom is -0.361 e. The molecular formula is C14H18BrN3. The van der Waals surface area contributed by atoms with E-state index in [1.165, 1.54) is 16.5 Å². The number of hydrogen-bond donors (Lipinski definition) is 2. The van der Waals surface area contributed by atoms with Gasteiger partial charge in [0, 0.05) is 47.2 Å². The summed E-state index contributed by atoms with van der Waals surface area (Å²) >= 11 is 3.51. The summed E-state index contributed by atoms with van der Waals surface area (Å²) in [5.74, 6) is 0. The molecule has 0 bridgehead atoms. The van der Waals surface area contributed by atoms with Crippen LogP contribution in [0.2, 0.25) is 0 Å². The van der Waals surface area contributed by atoms with E-state index in [9.17, 15) is 0 Å². The van der Waals surface area contributed by atoms with Crippen LogP contribution >= 0.6 is 15.9 Å². The van der Waals surface area contributed by atoms with Crippen LogP contribution in [-0.4, -0.2) is 42.6 Å². The standard InChI is InChI=1S/C14H18BrN3/c1-18-5-4-16-9-12(18)6-10-8-17-14-7-11(15)2-3-13(10)14/h2-3,7-8,12,16-17H,4-6,9H2,1H3. The molecule has 1 unspecified atom stereocenters. The van der Waals surface area contributed by atoms with Crippen molar-refractivity contribution in [1.82, 2.24) is 15.2 Å². The lowest BCUT2D eigenvalue weighted by Gasteiger charge is -2.33. The number of H-pyrrole nitrogens is 1. The average molecular weight is 308 g/mol. The predicted molar refractivity (Wildman–Crippen MR) is 79.0 cm³/mol. The lowest BCUT2D eigenvalue weighted by molar-refractivity contribution is 0.199. The van der Waals surface area contributed by atoms with Crippen LogP contribution in [0.25, 0.3) is 10.9 Å². The number of likely N-dealkylation sites (N-methyl/N-ethyl adjacent to an activating group) is 1. The summed E-state index contributed by atoms with van der Waals surface area (Å²) in [5.41, 5.74) is 2.63. The van der Waals surface area contributed by atoms with Crippen LogP contribution in [-0.2, 0) is 6.42 Å². The number of nitrogens with one attached hydrogen (secondary N) is 2. The molecule has 3 rings (SSSR count).